The molecule has 2 rings (SSSR count). The highest BCUT2D eigenvalue weighted by atomic mass is 32.2. The minimum absolute atomic E-state index is 0.107. The number of hydrogen-bond donors (Lipinski definition) is 1. The zero-order valence-corrected chi connectivity index (χ0v) is 16.0. The number of carbonyl (C=O) groups is 2. The molecule has 0 radical (unpaired) electrons. The van der Waals surface area contributed by atoms with Gasteiger partial charge in [0, 0.05) is 5.38 Å². The number of rotatable bonds is 8. The Labute approximate surface area is 152 Å². The molecule has 0 saturated carbocycles. The lowest BCUT2D eigenvalue weighted by Crippen LogP contribution is -2.24. The van der Waals surface area contributed by atoms with Gasteiger partial charge < -0.3 is 10.1 Å². The average molecular weight is 387 g/mol. The smallest absolute Gasteiger partial charge is 0.311 e. The topological polar surface area (TPSA) is 94.1 Å². The molecule has 2 heterocycles. The Morgan fingerprint density at radius 1 is 1.38 bits per heavy atom. The van der Waals surface area contributed by atoms with Crippen molar-refractivity contribution in [3.8, 4) is 0 Å². The minimum Gasteiger partial charge on any atom is -0.466 e. The number of carbonyl (C=O) groups excluding carboxylic acids is 2. The predicted molar refractivity (Wildman–Crippen MR) is 95.7 cm³/mol. The summed E-state index contributed by atoms with van der Waals surface area (Å²) in [6, 6.07) is 0. The number of anilines is 1. The summed E-state index contributed by atoms with van der Waals surface area (Å²) in [5.41, 5.74) is 0.592. The Morgan fingerprint density at radius 3 is 2.79 bits per heavy atom. The van der Waals surface area contributed by atoms with E-state index in [1.165, 1.54) is 34.4 Å². The van der Waals surface area contributed by atoms with Gasteiger partial charge in [-0.2, -0.15) is 0 Å². The zero-order valence-electron chi connectivity index (χ0n) is 13.6. The van der Waals surface area contributed by atoms with Crippen molar-refractivity contribution in [3.05, 3.63) is 16.1 Å². The lowest BCUT2D eigenvalue weighted by molar-refractivity contribution is -0.142. The predicted octanol–water partition coefficient (Wildman–Crippen LogP) is 2.92. The third kappa shape index (κ3) is 5.53. The maximum absolute atomic E-state index is 12.4. The molecule has 1 N–H and O–H groups in total. The molecule has 2 aromatic heterocycles. The molecule has 0 aliphatic rings. The molecule has 7 nitrogen and oxygen atoms in total. The van der Waals surface area contributed by atoms with Gasteiger partial charge in [-0.3, -0.25) is 9.59 Å². The van der Waals surface area contributed by atoms with Crippen LogP contribution in [0.15, 0.2) is 9.72 Å². The second-order valence-electron chi connectivity index (χ2n) is 4.72. The molecule has 10 heteroatoms. The molecule has 0 spiro atoms. The van der Waals surface area contributed by atoms with E-state index in [4.69, 9.17) is 4.74 Å². The fourth-order valence-electron chi connectivity index (χ4n) is 1.76. The van der Waals surface area contributed by atoms with Crippen LogP contribution in [0.1, 0.15) is 31.0 Å². The molecule has 1 atom stereocenters. The first kappa shape index (κ1) is 18.8. The second-order valence-corrected chi connectivity index (χ2v) is 8.21. The van der Waals surface area contributed by atoms with Gasteiger partial charge in [0.05, 0.1) is 24.0 Å². The molecular formula is C14H18N4O3S3. The van der Waals surface area contributed by atoms with Crippen LogP contribution < -0.4 is 5.32 Å². The highest BCUT2D eigenvalue weighted by Gasteiger charge is 2.21. The van der Waals surface area contributed by atoms with Gasteiger partial charge in [0.25, 0.3) is 0 Å². The molecule has 0 fully saturated rings. The van der Waals surface area contributed by atoms with E-state index in [-0.39, 0.29) is 23.5 Å². The standard InChI is InChI=1S/C14H18N4O3S3/c1-4-10(24-14-18-17-8(3)23-14)12(20)16-13-15-9(7-22-13)6-11(19)21-5-2/h7,10H,4-6H2,1-3H3,(H,15,16,20). The highest BCUT2D eigenvalue weighted by Crippen LogP contribution is 2.29. The highest BCUT2D eigenvalue weighted by molar-refractivity contribution is 8.02. The Balaban J connectivity index is 1.92. The first-order valence-corrected chi connectivity index (χ1v) is 9.97. The van der Waals surface area contributed by atoms with Gasteiger partial charge in [-0.05, 0) is 20.3 Å². The number of thioether (sulfide) groups is 1. The SMILES string of the molecule is CCOC(=O)Cc1csc(NC(=O)C(CC)Sc2nnc(C)s2)n1. The first-order chi connectivity index (χ1) is 11.5. The van der Waals surface area contributed by atoms with Crippen LogP contribution >= 0.6 is 34.4 Å². The number of ether oxygens (including phenoxy) is 1. The van der Waals surface area contributed by atoms with Crippen LogP contribution in [0.4, 0.5) is 5.13 Å². The summed E-state index contributed by atoms with van der Waals surface area (Å²) >= 11 is 4.15. The molecule has 1 unspecified atom stereocenters. The maximum Gasteiger partial charge on any atom is 0.311 e. The summed E-state index contributed by atoms with van der Waals surface area (Å²) in [5, 5.41) is 13.6. The normalized spacial score (nSPS) is 12.0. The van der Waals surface area contributed by atoms with Crippen molar-refractivity contribution in [3.63, 3.8) is 0 Å². The summed E-state index contributed by atoms with van der Waals surface area (Å²) in [5.74, 6) is -0.457. The lowest BCUT2D eigenvalue weighted by Gasteiger charge is -2.11. The zero-order chi connectivity index (χ0) is 17.5. The van der Waals surface area contributed by atoms with Crippen LogP contribution in [0.5, 0.6) is 0 Å². The van der Waals surface area contributed by atoms with Gasteiger partial charge in [0.15, 0.2) is 9.47 Å². The van der Waals surface area contributed by atoms with Crippen molar-refractivity contribution in [2.45, 2.75) is 43.2 Å². The Kier molecular flexibility index (Phi) is 7.13. The number of thiazole rings is 1. The molecular weight excluding hydrogens is 368 g/mol. The fraction of sp³-hybridized carbons (Fsp3) is 0.500. The Hall–Kier alpha value is -1.52. The number of hydrogen-bond acceptors (Lipinski definition) is 9. The van der Waals surface area contributed by atoms with Crippen LogP contribution in [-0.2, 0) is 20.7 Å². The first-order valence-electron chi connectivity index (χ1n) is 7.39. The molecule has 0 saturated heterocycles. The molecule has 2 aromatic rings. The van der Waals surface area contributed by atoms with Crippen molar-refractivity contribution in [1.82, 2.24) is 15.2 Å². The third-order valence-corrected chi connectivity index (χ3v) is 5.92. The molecule has 24 heavy (non-hydrogen) atoms. The molecule has 0 aliphatic carbocycles. The van der Waals surface area contributed by atoms with Crippen LogP contribution in [0, 0.1) is 6.92 Å². The summed E-state index contributed by atoms with van der Waals surface area (Å²) in [6.45, 7) is 5.92. The van der Waals surface area contributed by atoms with E-state index in [0.29, 0.717) is 23.9 Å². The van der Waals surface area contributed by atoms with Crippen molar-refractivity contribution >= 4 is 51.4 Å². The van der Waals surface area contributed by atoms with Crippen molar-refractivity contribution in [2.24, 2.45) is 0 Å². The summed E-state index contributed by atoms with van der Waals surface area (Å²) in [6.07, 6.45) is 0.770. The monoisotopic (exact) mass is 386 g/mol. The van der Waals surface area contributed by atoms with Crippen LogP contribution in [0.25, 0.3) is 0 Å². The maximum atomic E-state index is 12.4. The largest absolute Gasteiger partial charge is 0.466 e. The molecule has 1 amide bonds. The van der Waals surface area contributed by atoms with Crippen molar-refractivity contribution in [2.75, 3.05) is 11.9 Å². The molecule has 0 aromatic carbocycles. The van der Waals surface area contributed by atoms with E-state index in [9.17, 15) is 9.59 Å². The number of nitrogens with one attached hydrogen (secondary N) is 1. The van der Waals surface area contributed by atoms with Crippen LogP contribution in [-0.4, -0.2) is 38.9 Å². The average Bonchev–Trinajstić information content (AvgIpc) is 3.14. The van der Waals surface area contributed by atoms with Crippen molar-refractivity contribution in [1.29, 1.82) is 0 Å². The van der Waals surface area contributed by atoms with Crippen LogP contribution in [0.3, 0.4) is 0 Å². The number of nitrogens with zero attached hydrogens (tertiary/aromatic N) is 3. The number of aromatic nitrogens is 3. The lowest BCUT2D eigenvalue weighted by atomic mass is 10.3. The van der Waals surface area contributed by atoms with Gasteiger partial charge in [0.2, 0.25) is 5.91 Å². The summed E-state index contributed by atoms with van der Waals surface area (Å²) in [4.78, 5) is 28.1. The van der Waals surface area contributed by atoms with E-state index in [0.717, 1.165) is 9.35 Å². The summed E-state index contributed by atoms with van der Waals surface area (Å²) in [7, 11) is 0. The van der Waals surface area contributed by atoms with Gasteiger partial charge in [-0.1, -0.05) is 30.0 Å². The number of aryl methyl sites for hydroxylation is 1. The number of amides is 1. The Bertz CT molecular complexity index is 701. The van der Waals surface area contributed by atoms with Gasteiger partial charge in [-0.25, -0.2) is 4.98 Å². The minimum atomic E-state index is -0.325. The van der Waals surface area contributed by atoms with E-state index >= 15 is 0 Å². The third-order valence-electron chi connectivity index (χ3n) is 2.83. The quantitative estimate of drug-likeness (QED) is 0.550. The Morgan fingerprint density at radius 2 is 2.17 bits per heavy atom. The molecule has 130 valence electrons. The van der Waals surface area contributed by atoms with Gasteiger partial charge >= 0.3 is 5.97 Å². The van der Waals surface area contributed by atoms with E-state index < -0.39 is 0 Å². The van der Waals surface area contributed by atoms with E-state index in [2.05, 4.69) is 20.5 Å². The second kappa shape index (κ2) is 9.09. The summed E-state index contributed by atoms with van der Waals surface area (Å²) < 4.78 is 5.66. The van der Waals surface area contributed by atoms with E-state index in [1.54, 1.807) is 12.3 Å². The number of esters is 1. The van der Waals surface area contributed by atoms with Gasteiger partial charge in [0.1, 0.15) is 5.01 Å². The molecule has 0 aliphatic heterocycles. The van der Waals surface area contributed by atoms with Crippen molar-refractivity contribution < 1.29 is 14.3 Å². The van der Waals surface area contributed by atoms with Crippen LogP contribution in [0.2, 0.25) is 0 Å². The molecule has 0 bridgehead atoms. The van der Waals surface area contributed by atoms with E-state index in [1.807, 2.05) is 13.8 Å². The fourth-order valence-corrected chi connectivity index (χ4v) is 4.46. The van der Waals surface area contributed by atoms with Gasteiger partial charge in [-0.15, -0.1) is 21.5 Å².